The molecule has 1 amide bonds. The average molecular weight is 324 g/mol. The van der Waals surface area contributed by atoms with Crippen molar-refractivity contribution < 1.29 is 9.18 Å². The van der Waals surface area contributed by atoms with Crippen LogP contribution in [0, 0.1) is 12.7 Å². The van der Waals surface area contributed by atoms with Gasteiger partial charge in [-0.3, -0.25) is 4.79 Å². The van der Waals surface area contributed by atoms with Crippen molar-refractivity contribution in [1.29, 1.82) is 0 Å². The lowest BCUT2D eigenvalue weighted by atomic mass is 10.2. The standard InChI is InChI=1S/C18H17FN4O/c1-13-2-9-17(10-3-13)23-12-16(21-22-23)8-11-18(24)20-15-6-4-14(19)5-7-15/h2-7,9-10,12H,8,11H2,1H3,(H,20,24). The first-order valence-electron chi connectivity index (χ1n) is 7.64. The van der Waals surface area contributed by atoms with Crippen molar-refractivity contribution >= 4 is 11.6 Å². The minimum absolute atomic E-state index is 0.147. The summed E-state index contributed by atoms with van der Waals surface area (Å²) in [5.74, 6) is -0.479. The highest BCUT2D eigenvalue weighted by atomic mass is 19.1. The second-order valence-electron chi connectivity index (χ2n) is 5.55. The molecule has 3 aromatic rings. The van der Waals surface area contributed by atoms with Gasteiger partial charge in [-0.05, 0) is 43.3 Å². The van der Waals surface area contributed by atoms with Crippen molar-refractivity contribution in [1.82, 2.24) is 15.0 Å². The zero-order valence-electron chi connectivity index (χ0n) is 13.2. The van der Waals surface area contributed by atoms with E-state index in [2.05, 4.69) is 15.6 Å². The van der Waals surface area contributed by atoms with E-state index in [1.165, 1.54) is 29.8 Å². The first-order chi connectivity index (χ1) is 11.6. The van der Waals surface area contributed by atoms with E-state index in [0.29, 0.717) is 12.1 Å². The molecule has 3 rings (SSSR count). The largest absolute Gasteiger partial charge is 0.326 e. The molecule has 0 saturated heterocycles. The molecule has 0 atom stereocenters. The van der Waals surface area contributed by atoms with Crippen molar-refractivity contribution in [3.8, 4) is 5.69 Å². The number of benzene rings is 2. The number of amides is 1. The Morgan fingerprint density at radius 2 is 1.83 bits per heavy atom. The Hall–Kier alpha value is -3.02. The normalized spacial score (nSPS) is 10.6. The van der Waals surface area contributed by atoms with Crippen LogP contribution in [0.5, 0.6) is 0 Å². The summed E-state index contributed by atoms with van der Waals surface area (Å²) in [6.07, 6.45) is 2.58. The number of aryl methyl sites for hydroxylation is 2. The molecule has 0 fully saturated rings. The Labute approximate surface area is 139 Å². The van der Waals surface area contributed by atoms with Crippen LogP contribution in [-0.2, 0) is 11.2 Å². The number of carbonyl (C=O) groups excluding carboxylic acids is 1. The van der Waals surface area contributed by atoms with Crippen molar-refractivity contribution in [3.05, 3.63) is 71.8 Å². The molecule has 2 aromatic carbocycles. The van der Waals surface area contributed by atoms with Crippen LogP contribution in [-0.4, -0.2) is 20.9 Å². The predicted molar refractivity (Wildman–Crippen MR) is 89.4 cm³/mol. The second kappa shape index (κ2) is 7.04. The third-order valence-corrected chi connectivity index (χ3v) is 3.58. The molecule has 0 spiro atoms. The van der Waals surface area contributed by atoms with Gasteiger partial charge in [-0.2, -0.15) is 0 Å². The minimum atomic E-state index is -0.333. The van der Waals surface area contributed by atoms with Gasteiger partial charge in [-0.1, -0.05) is 22.9 Å². The summed E-state index contributed by atoms with van der Waals surface area (Å²) >= 11 is 0. The van der Waals surface area contributed by atoms with E-state index in [-0.39, 0.29) is 18.1 Å². The van der Waals surface area contributed by atoms with Crippen molar-refractivity contribution in [2.45, 2.75) is 19.8 Å². The Kier molecular flexibility index (Phi) is 4.65. The van der Waals surface area contributed by atoms with Crippen molar-refractivity contribution in [3.63, 3.8) is 0 Å². The van der Waals surface area contributed by atoms with Crippen LogP contribution in [0.2, 0.25) is 0 Å². The molecule has 5 nitrogen and oxygen atoms in total. The maximum Gasteiger partial charge on any atom is 0.224 e. The summed E-state index contributed by atoms with van der Waals surface area (Å²) in [6, 6.07) is 13.6. The van der Waals surface area contributed by atoms with E-state index in [9.17, 15) is 9.18 Å². The van der Waals surface area contributed by atoms with Gasteiger partial charge in [0, 0.05) is 18.5 Å². The Balaban J connectivity index is 1.56. The molecule has 0 aliphatic carbocycles. The number of rotatable bonds is 5. The van der Waals surface area contributed by atoms with Crippen LogP contribution in [0.3, 0.4) is 0 Å². The molecule has 0 bridgehead atoms. The van der Waals surface area contributed by atoms with Crippen LogP contribution in [0.4, 0.5) is 10.1 Å². The van der Waals surface area contributed by atoms with Gasteiger partial charge < -0.3 is 5.32 Å². The van der Waals surface area contributed by atoms with Crippen LogP contribution in [0.15, 0.2) is 54.7 Å². The molecule has 24 heavy (non-hydrogen) atoms. The lowest BCUT2D eigenvalue weighted by molar-refractivity contribution is -0.116. The van der Waals surface area contributed by atoms with E-state index < -0.39 is 0 Å². The fourth-order valence-electron chi connectivity index (χ4n) is 2.23. The van der Waals surface area contributed by atoms with E-state index in [4.69, 9.17) is 0 Å². The maximum atomic E-state index is 12.8. The molecule has 122 valence electrons. The summed E-state index contributed by atoms with van der Waals surface area (Å²) in [4.78, 5) is 11.9. The van der Waals surface area contributed by atoms with Gasteiger partial charge in [0.1, 0.15) is 5.82 Å². The minimum Gasteiger partial charge on any atom is -0.326 e. The zero-order valence-corrected chi connectivity index (χ0v) is 13.2. The highest BCUT2D eigenvalue weighted by Crippen LogP contribution is 2.11. The van der Waals surface area contributed by atoms with Gasteiger partial charge in [0.05, 0.1) is 17.6 Å². The van der Waals surface area contributed by atoms with Gasteiger partial charge in [0.25, 0.3) is 0 Å². The molecule has 1 aromatic heterocycles. The maximum absolute atomic E-state index is 12.8. The summed E-state index contributed by atoms with van der Waals surface area (Å²) in [5.41, 5.74) is 3.42. The van der Waals surface area contributed by atoms with Crippen LogP contribution in [0.25, 0.3) is 5.69 Å². The number of hydrogen-bond acceptors (Lipinski definition) is 3. The zero-order chi connectivity index (χ0) is 16.9. The third-order valence-electron chi connectivity index (χ3n) is 3.58. The fraction of sp³-hybridized carbons (Fsp3) is 0.167. The van der Waals surface area contributed by atoms with Crippen molar-refractivity contribution in [2.24, 2.45) is 0 Å². The van der Waals surface area contributed by atoms with Gasteiger partial charge in [0.15, 0.2) is 0 Å². The molecule has 0 unspecified atom stereocenters. The molecular weight excluding hydrogens is 307 g/mol. The summed E-state index contributed by atoms with van der Waals surface area (Å²) < 4.78 is 14.5. The second-order valence-corrected chi connectivity index (χ2v) is 5.55. The first-order valence-corrected chi connectivity index (χ1v) is 7.64. The highest BCUT2D eigenvalue weighted by molar-refractivity contribution is 5.90. The van der Waals surface area contributed by atoms with E-state index in [1.807, 2.05) is 37.4 Å². The Bertz CT molecular complexity index is 825. The number of nitrogens with one attached hydrogen (secondary N) is 1. The molecular formula is C18H17FN4O. The topological polar surface area (TPSA) is 59.8 Å². The van der Waals surface area contributed by atoms with Gasteiger partial charge in [-0.15, -0.1) is 5.10 Å². The number of hydrogen-bond donors (Lipinski definition) is 1. The Morgan fingerprint density at radius 3 is 2.54 bits per heavy atom. The van der Waals surface area contributed by atoms with Gasteiger partial charge in [-0.25, -0.2) is 9.07 Å². The molecule has 1 heterocycles. The van der Waals surface area contributed by atoms with E-state index in [1.54, 1.807) is 4.68 Å². The average Bonchev–Trinajstić information content (AvgIpc) is 3.05. The highest BCUT2D eigenvalue weighted by Gasteiger charge is 2.07. The summed E-state index contributed by atoms with van der Waals surface area (Å²) in [7, 11) is 0. The van der Waals surface area contributed by atoms with E-state index in [0.717, 1.165) is 11.4 Å². The smallest absolute Gasteiger partial charge is 0.224 e. The molecule has 0 aliphatic heterocycles. The van der Waals surface area contributed by atoms with Crippen LogP contribution < -0.4 is 5.32 Å². The van der Waals surface area contributed by atoms with Gasteiger partial charge >= 0.3 is 0 Å². The summed E-state index contributed by atoms with van der Waals surface area (Å²) in [6.45, 7) is 2.02. The number of carbonyl (C=O) groups is 1. The number of aromatic nitrogens is 3. The lowest BCUT2D eigenvalue weighted by Crippen LogP contribution is -2.12. The fourth-order valence-corrected chi connectivity index (χ4v) is 2.23. The molecule has 1 N–H and O–H groups in total. The quantitative estimate of drug-likeness (QED) is 0.783. The Morgan fingerprint density at radius 1 is 1.12 bits per heavy atom. The number of anilines is 1. The third kappa shape index (κ3) is 4.04. The first kappa shape index (κ1) is 15.9. The molecule has 0 saturated carbocycles. The monoisotopic (exact) mass is 324 g/mol. The van der Waals surface area contributed by atoms with E-state index >= 15 is 0 Å². The SMILES string of the molecule is Cc1ccc(-n2cc(CCC(=O)Nc3ccc(F)cc3)nn2)cc1. The van der Waals surface area contributed by atoms with Crippen molar-refractivity contribution in [2.75, 3.05) is 5.32 Å². The molecule has 0 aliphatic rings. The summed E-state index contributed by atoms with van der Waals surface area (Å²) in [5, 5.41) is 10.9. The predicted octanol–water partition coefficient (Wildman–Crippen LogP) is 3.29. The molecule has 0 radical (unpaired) electrons. The van der Waals surface area contributed by atoms with Crippen LogP contribution in [0.1, 0.15) is 17.7 Å². The number of halogens is 1. The van der Waals surface area contributed by atoms with Gasteiger partial charge in [0.2, 0.25) is 5.91 Å². The van der Waals surface area contributed by atoms with Crippen LogP contribution >= 0.6 is 0 Å². The molecule has 6 heteroatoms. The lowest BCUT2D eigenvalue weighted by Gasteiger charge is -2.03. The number of nitrogens with zero attached hydrogens (tertiary/aromatic N) is 3.